The first kappa shape index (κ1) is 28.4. The molecule has 1 heterocycles. The minimum absolute atomic E-state index is 0.303. The van der Waals surface area contributed by atoms with Crippen LogP contribution in [0.4, 0.5) is 10.5 Å². The number of ether oxygens (including phenoxy) is 3. The van der Waals surface area contributed by atoms with Crippen molar-refractivity contribution in [2.75, 3.05) is 26.1 Å². The van der Waals surface area contributed by atoms with E-state index >= 15 is 0 Å². The maximum atomic E-state index is 13.4. The standard InChI is InChI=1S/C26H35N3O6SSi/c1-25(2,3)35-24(32)29-16-6-15-26(29,37)23(31)28-36-21(17-7-11-19(33-4)12-8-17)22(30)27-18-9-13-20(34-5)14-10-18/h7-14,21H,6,15-16H2,1-5,37H3,(H,27,30)(H,28,31)/t21-,26+/m0/s1. The number of hydrogen-bond donors (Lipinski definition) is 2. The summed E-state index contributed by atoms with van der Waals surface area (Å²) in [6.07, 6.45) is 0.765. The second kappa shape index (κ2) is 11.9. The number of likely N-dealkylation sites (tertiary alicyclic amines) is 1. The predicted octanol–water partition coefficient (Wildman–Crippen LogP) is 3.24. The lowest BCUT2D eigenvalue weighted by atomic mass is 10.1. The molecule has 200 valence electrons. The van der Waals surface area contributed by atoms with Crippen LogP contribution in [0.1, 0.15) is 44.4 Å². The van der Waals surface area contributed by atoms with Gasteiger partial charge in [-0.3, -0.25) is 19.2 Å². The molecule has 1 fully saturated rings. The van der Waals surface area contributed by atoms with Gasteiger partial charge in [-0.05, 0) is 87.5 Å². The Kier molecular flexibility index (Phi) is 9.14. The van der Waals surface area contributed by atoms with Crippen molar-refractivity contribution in [3.63, 3.8) is 0 Å². The van der Waals surface area contributed by atoms with E-state index in [0.29, 0.717) is 52.4 Å². The maximum absolute atomic E-state index is 13.4. The maximum Gasteiger partial charge on any atom is 0.410 e. The molecule has 1 saturated heterocycles. The Balaban J connectivity index is 1.77. The molecular formula is C26H35N3O6SSi. The van der Waals surface area contributed by atoms with Gasteiger partial charge in [0.2, 0.25) is 5.91 Å². The van der Waals surface area contributed by atoms with Gasteiger partial charge in [0, 0.05) is 22.5 Å². The van der Waals surface area contributed by atoms with E-state index in [4.69, 9.17) is 14.2 Å². The summed E-state index contributed by atoms with van der Waals surface area (Å²) in [7, 11) is 3.56. The Bertz CT molecular complexity index is 1110. The highest BCUT2D eigenvalue weighted by molar-refractivity contribution is 7.98. The third-order valence-corrected chi connectivity index (χ3v) is 8.55. The molecule has 0 spiro atoms. The highest BCUT2D eigenvalue weighted by atomic mass is 32.2. The Hall–Kier alpha value is -3.18. The van der Waals surface area contributed by atoms with E-state index < -0.39 is 22.1 Å². The fraction of sp³-hybridized carbons (Fsp3) is 0.423. The van der Waals surface area contributed by atoms with Crippen LogP contribution in [0, 0.1) is 0 Å². The molecule has 37 heavy (non-hydrogen) atoms. The van der Waals surface area contributed by atoms with Crippen LogP contribution in [0.25, 0.3) is 0 Å². The molecule has 9 nitrogen and oxygen atoms in total. The molecule has 0 saturated carbocycles. The van der Waals surface area contributed by atoms with E-state index in [0.717, 1.165) is 11.9 Å². The number of nitrogens with zero attached hydrogens (tertiary/aromatic N) is 1. The van der Waals surface area contributed by atoms with E-state index in [1.165, 1.54) is 4.90 Å². The zero-order chi connectivity index (χ0) is 27.2. The minimum atomic E-state index is -0.952. The number of nitrogens with one attached hydrogen (secondary N) is 2. The predicted molar refractivity (Wildman–Crippen MR) is 148 cm³/mol. The number of amides is 3. The number of carbonyl (C=O) groups is 3. The van der Waals surface area contributed by atoms with Crippen molar-refractivity contribution in [1.82, 2.24) is 9.62 Å². The van der Waals surface area contributed by atoms with E-state index in [1.807, 2.05) is 0 Å². The van der Waals surface area contributed by atoms with Gasteiger partial charge in [-0.25, -0.2) is 4.79 Å². The molecule has 2 atom stereocenters. The molecule has 0 aliphatic carbocycles. The summed E-state index contributed by atoms with van der Waals surface area (Å²) >= 11 is 1.01. The third-order valence-electron chi connectivity index (χ3n) is 6.03. The van der Waals surface area contributed by atoms with E-state index in [1.54, 1.807) is 83.5 Å². The number of methoxy groups -OCH3 is 2. The second-order valence-electron chi connectivity index (χ2n) is 9.93. The number of hydrogen-bond acceptors (Lipinski definition) is 7. The number of carbonyl (C=O) groups excluding carboxylic acids is 3. The molecule has 2 aromatic rings. The SMILES string of the molecule is COc1ccc(NC(=O)[C@@H](SNC(=O)[C@]2([SiH3])CCCN2C(=O)OC(C)(C)C)c2ccc(OC)cc2)cc1. The Labute approximate surface area is 225 Å². The number of benzene rings is 2. The molecule has 0 aromatic heterocycles. The summed E-state index contributed by atoms with van der Waals surface area (Å²) in [6.45, 7) is 5.85. The van der Waals surface area contributed by atoms with Gasteiger partial charge in [-0.1, -0.05) is 12.1 Å². The molecule has 11 heteroatoms. The first-order chi connectivity index (χ1) is 17.5. The number of anilines is 1. The second-order valence-corrected chi connectivity index (χ2v) is 12.5. The number of rotatable bonds is 8. The normalized spacial score (nSPS) is 18.1. The van der Waals surface area contributed by atoms with Gasteiger partial charge < -0.3 is 19.5 Å². The zero-order valence-corrected chi connectivity index (χ0v) is 24.9. The van der Waals surface area contributed by atoms with Crippen molar-refractivity contribution in [3.05, 3.63) is 54.1 Å². The highest BCUT2D eigenvalue weighted by Gasteiger charge is 2.47. The minimum Gasteiger partial charge on any atom is -0.497 e. The van der Waals surface area contributed by atoms with Gasteiger partial charge in [0.1, 0.15) is 27.5 Å². The van der Waals surface area contributed by atoms with Crippen LogP contribution >= 0.6 is 11.9 Å². The van der Waals surface area contributed by atoms with Crippen molar-refractivity contribution in [2.24, 2.45) is 0 Å². The molecule has 0 bridgehead atoms. The fourth-order valence-electron chi connectivity index (χ4n) is 3.97. The summed E-state index contributed by atoms with van der Waals surface area (Å²) in [4.78, 5) is 41.1. The van der Waals surface area contributed by atoms with Crippen molar-refractivity contribution in [2.45, 2.75) is 49.6 Å². The fourth-order valence-corrected chi connectivity index (χ4v) is 5.94. The lowest BCUT2D eigenvalue weighted by molar-refractivity contribution is -0.125. The summed E-state index contributed by atoms with van der Waals surface area (Å²) in [5.74, 6) is 0.723. The van der Waals surface area contributed by atoms with E-state index in [9.17, 15) is 14.4 Å². The molecule has 0 radical (unpaired) electrons. The van der Waals surface area contributed by atoms with Crippen molar-refractivity contribution in [1.29, 1.82) is 0 Å². The molecular weight excluding hydrogens is 510 g/mol. The first-order valence-electron chi connectivity index (χ1n) is 12.0. The summed E-state index contributed by atoms with van der Waals surface area (Å²) < 4.78 is 18.8. The lowest BCUT2D eigenvalue weighted by Gasteiger charge is -2.35. The van der Waals surface area contributed by atoms with Crippen LogP contribution in [0.15, 0.2) is 48.5 Å². The van der Waals surface area contributed by atoms with Crippen LogP contribution in [-0.2, 0) is 14.3 Å². The Morgan fingerprint density at radius 1 is 1.00 bits per heavy atom. The van der Waals surface area contributed by atoms with Gasteiger partial charge >= 0.3 is 6.09 Å². The third kappa shape index (κ3) is 7.19. The smallest absolute Gasteiger partial charge is 0.410 e. The topological polar surface area (TPSA) is 106 Å². The van der Waals surface area contributed by atoms with Crippen LogP contribution in [0.5, 0.6) is 11.5 Å². The van der Waals surface area contributed by atoms with Crippen molar-refractivity contribution >= 4 is 45.8 Å². The average Bonchev–Trinajstić information content (AvgIpc) is 3.27. The molecule has 2 aromatic carbocycles. The molecule has 3 rings (SSSR count). The van der Waals surface area contributed by atoms with Crippen LogP contribution in [-0.4, -0.2) is 64.6 Å². The van der Waals surface area contributed by atoms with Crippen LogP contribution < -0.4 is 19.5 Å². The van der Waals surface area contributed by atoms with Gasteiger partial charge in [0.15, 0.2) is 0 Å². The van der Waals surface area contributed by atoms with Crippen molar-refractivity contribution < 1.29 is 28.6 Å². The van der Waals surface area contributed by atoms with Crippen molar-refractivity contribution in [3.8, 4) is 11.5 Å². The quantitative estimate of drug-likeness (QED) is 0.388. The van der Waals surface area contributed by atoms with Gasteiger partial charge in [0.05, 0.1) is 14.2 Å². The molecule has 3 amide bonds. The lowest BCUT2D eigenvalue weighted by Crippen LogP contribution is -2.57. The van der Waals surface area contributed by atoms with Gasteiger partial charge in [-0.2, -0.15) is 0 Å². The molecule has 2 N–H and O–H groups in total. The van der Waals surface area contributed by atoms with E-state index in [2.05, 4.69) is 10.0 Å². The molecule has 0 unspecified atom stereocenters. The first-order valence-corrected chi connectivity index (χ1v) is 13.9. The monoisotopic (exact) mass is 545 g/mol. The largest absolute Gasteiger partial charge is 0.497 e. The van der Waals surface area contributed by atoms with E-state index in [-0.39, 0.29) is 11.8 Å². The Morgan fingerprint density at radius 3 is 2.11 bits per heavy atom. The van der Waals surface area contributed by atoms with Gasteiger partial charge in [-0.15, -0.1) is 0 Å². The summed E-state index contributed by atoms with van der Waals surface area (Å²) in [5, 5.41) is 1.20. The molecule has 1 aliphatic heterocycles. The highest BCUT2D eigenvalue weighted by Crippen LogP contribution is 2.33. The van der Waals surface area contributed by atoms with Gasteiger partial charge in [0.25, 0.3) is 5.91 Å². The average molecular weight is 546 g/mol. The summed E-state index contributed by atoms with van der Waals surface area (Å²) in [6, 6.07) is 14.1. The zero-order valence-electron chi connectivity index (χ0n) is 22.1. The van der Waals surface area contributed by atoms with Crippen LogP contribution in [0.2, 0.25) is 0 Å². The van der Waals surface area contributed by atoms with Crippen LogP contribution in [0.3, 0.4) is 0 Å². The molecule has 1 aliphatic rings. The summed E-state index contributed by atoms with van der Waals surface area (Å²) in [5.41, 5.74) is 0.629. The Morgan fingerprint density at radius 2 is 1.57 bits per heavy atom.